The number of phenols is 1. The number of halogens is 2. The zero-order valence-corrected chi connectivity index (χ0v) is 14.4. The van der Waals surface area contributed by atoms with E-state index in [1.807, 2.05) is 18.2 Å². The molecule has 0 radical (unpaired) electrons. The summed E-state index contributed by atoms with van der Waals surface area (Å²) < 4.78 is 0. The van der Waals surface area contributed by atoms with Crippen molar-refractivity contribution in [2.45, 2.75) is 19.3 Å². The molecular weight excluding hydrogens is 343 g/mol. The molecule has 0 aromatic heterocycles. The number of Topliss-reactive ketones (excluding diaryl/α,β-unsaturated/α-hetero) is 1. The minimum Gasteiger partial charge on any atom is -0.508 e. The third kappa shape index (κ3) is 3.89. The van der Waals surface area contributed by atoms with E-state index in [9.17, 15) is 9.90 Å². The van der Waals surface area contributed by atoms with E-state index in [0.29, 0.717) is 10.0 Å². The molecular formula is C20H16Cl2O2. The van der Waals surface area contributed by atoms with Gasteiger partial charge in [0, 0.05) is 11.1 Å². The maximum absolute atomic E-state index is 12.7. The summed E-state index contributed by atoms with van der Waals surface area (Å²) >= 11 is 12.0. The van der Waals surface area contributed by atoms with E-state index in [1.165, 1.54) is 0 Å². The molecule has 1 aliphatic rings. The summed E-state index contributed by atoms with van der Waals surface area (Å²) in [6.07, 6.45) is 6.23. The van der Waals surface area contributed by atoms with E-state index in [1.54, 1.807) is 36.4 Å². The summed E-state index contributed by atoms with van der Waals surface area (Å²) in [6, 6.07) is 12.2. The monoisotopic (exact) mass is 358 g/mol. The van der Waals surface area contributed by atoms with Gasteiger partial charge in [0.25, 0.3) is 0 Å². The molecule has 0 aliphatic heterocycles. The van der Waals surface area contributed by atoms with E-state index >= 15 is 0 Å². The van der Waals surface area contributed by atoms with Crippen molar-refractivity contribution in [1.82, 2.24) is 0 Å². The van der Waals surface area contributed by atoms with Gasteiger partial charge in [-0.25, -0.2) is 0 Å². The molecule has 122 valence electrons. The lowest BCUT2D eigenvalue weighted by Gasteiger charge is -2.16. The number of carbonyl (C=O) groups is 1. The summed E-state index contributed by atoms with van der Waals surface area (Å²) in [4.78, 5) is 12.7. The molecule has 0 spiro atoms. The molecule has 1 fully saturated rings. The first-order valence-electron chi connectivity index (χ1n) is 7.73. The van der Waals surface area contributed by atoms with Gasteiger partial charge in [-0.05, 0) is 66.8 Å². The predicted molar refractivity (Wildman–Crippen MR) is 99.4 cm³/mol. The van der Waals surface area contributed by atoms with Crippen LogP contribution in [0.4, 0.5) is 0 Å². The van der Waals surface area contributed by atoms with Crippen LogP contribution in [-0.2, 0) is 4.79 Å². The minimum absolute atomic E-state index is 0.0698. The zero-order chi connectivity index (χ0) is 17.1. The second-order valence-electron chi connectivity index (χ2n) is 5.79. The van der Waals surface area contributed by atoms with Crippen molar-refractivity contribution in [2.24, 2.45) is 0 Å². The zero-order valence-electron chi connectivity index (χ0n) is 12.9. The van der Waals surface area contributed by atoms with E-state index in [2.05, 4.69) is 0 Å². The van der Waals surface area contributed by atoms with Gasteiger partial charge in [-0.1, -0.05) is 41.4 Å². The Balaban J connectivity index is 1.88. The first-order valence-corrected chi connectivity index (χ1v) is 8.48. The molecule has 1 saturated carbocycles. The van der Waals surface area contributed by atoms with Crippen LogP contribution in [0.25, 0.3) is 12.2 Å². The van der Waals surface area contributed by atoms with Gasteiger partial charge < -0.3 is 5.11 Å². The molecule has 1 aliphatic carbocycles. The Kier molecular flexibility index (Phi) is 5.08. The fourth-order valence-corrected chi connectivity index (χ4v) is 3.06. The lowest BCUT2D eigenvalue weighted by atomic mass is 9.87. The number of benzene rings is 2. The third-order valence-electron chi connectivity index (χ3n) is 3.99. The van der Waals surface area contributed by atoms with Crippen molar-refractivity contribution in [1.29, 1.82) is 0 Å². The van der Waals surface area contributed by atoms with Crippen LogP contribution < -0.4 is 0 Å². The van der Waals surface area contributed by atoms with Crippen LogP contribution in [0, 0.1) is 0 Å². The van der Waals surface area contributed by atoms with Gasteiger partial charge in [-0.15, -0.1) is 0 Å². The molecule has 0 heterocycles. The van der Waals surface area contributed by atoms with E-state index in [0.717, 1.165) is 41.5 Å². The minimum atomic E-state index is 0.0698. The quantitative estimate of drug-likeness (QED) is 0.676. The fraction of sp³-hybridized carbons (Fsp3) is 0.150. The molecule has 0 unspecified atom stereocenters. The number of hydrogen-bond acceptors (Lipinski definition) is 2. The van der Waals surface area contributed by atoms with Gasteiger partial charge in [0.1, 0.15) is 5.75 Å². The van der Waals surface area contributed by atoms with E-state index in [-0.39, 0.29) is 11.5 Å². The first kappa shape index (κ1) is 16.8. The van der Waals surface area contributed by atoms with E-state index in [4.69, 9.17) is 23.2 Å². The maximum Gasteiger partial charge on any atom is 0.185 e. The Morgan fingerprint density at radius 1 is 0.833 bits per heavy atom. The van der Waals surface area contributed by atoms with Gasteiger partial charge in [0.05, 0.1) is 10.0 Å². The lowest BCUT2D eigenvalue weighted by molar-refractivity contribution is -0.112. The Labute approximate surface area is 151 Å². The number of phenolic OH excluding ortho intramolecular Hbond substituents is 1. The van der Waals surface area contributed by atoms with Crippen molar-refractivity contribution in [2.75, 3.05) is 0 Å². The molecule has 24 heavy (non-hydrogen) atoms. The topological polar surface area (TPSA) is 37.3 Å². The van der Waals surface area contributed by atoms with Crippen LogP contribution in [-0.4, -0.2) is 10.9 Å². The molecule has 2 aromatic rings. The number of allylic oxidation sites excluding steroid dienone is 2. The smallest absolute Gasteiger partial charge is 0.185 e. The largest absolute Gasteiger partial charge is 0.508 e. The Hall–Kier alpha value is -2.03. The van der Waals surface area contributed by atoms with Gasteiger partial charge >= 0.3 is 0 Å². The first-order chi connectivity index (χ1) is 11.5. The summed E-state index contributed by atoms with van der Waals surface area (Å²) in [5.41, 5.74) is 3.36. The molecule has 0 atom stereocenters. The second kappa shape index (κ2) is 7.25. The normalized spacial score (nSPS) is 18.3. The molecule has 0 bridgehead atoms. The summed E-state index contributed by atoms with van der Waals surface area (Å²) in [7, 11) is 0. The van der Waals surface area contributed by atoms with Crippen LogP contribution in [0.15, 0.2) is 53.6 Å². The predicted octanol–water partition coefficient (Wildman–Crippen LogP) is 5.92. The van der Waals surface area contributed by atoms with Crippen molar-refractivity contribution in [3.05, 3.63) is 74.8 Å². The van der Waals surface area contributed by atoms with Gasteiger partial charge in [0.15, 0.2) is 5.78 Å². The fourth-order valence-electron chi connectivity index (χ4n) is 2.75. The van der Waals surface area contributed by atoms with Crippen LogP contribution >= 0.6 is 23.2 Å². The van der Waals surface area contributed by atoms with Crippen LogP contribution in [0.1, 0.15) is 30.4 Å². The lowest BCUT2D eigenvalue weighted by Crippen LogP contribution is -2.12. The standard InChI is InChI=1S/C20H16Cl2O2/c21-18-9-6-14(12-19(18)22)11-16-3-1-2-15(20(16)24)10-13-4-7-17(23)8-5-13/h4-12,23H,1-3H2/b15-10+,16-11+. The highest BCUT2D eigenvalue weighted by molar-refractivity contribution is 6.42. The number of carbonyl (C=O) groups excluding carboxylic acids is 1. The van der Waals surface area contributed by atoms with Crippen LogP contribution in [0.2, 0.25) is 10.0 Å². The van der Waals surface area contributed by atoms with Crippen molar-refractivity contribution >= 4 is 41.1 Å². The van der Waals surface area contributed by atoms with Crippen molar-refractivity contribution in [3.63, 3.8) is 0 Å². The highest BCUT2D eigenvalue weighted by atomic mass is 35.5. The molecule has 1 N–H and O–H groups in total. The summed E-state index contributed by atoms with van der Waals surface area (Å²) in [5.74, 6) is 0.285. The van der Waals surface area contributed by atoms with Gasteiger partial charge in [-0.2, -0.15) is 0 Å². The highest BCUT2D eigenvalue weighted by Crippen LogP contribution is 2.30. The third-order valence-corrected chi connectivity index (χ3v) is 4.73. The summed E-state index contributed by atoms with van der Waals surface area (Å²) in [6.45, 7) is 0. The van der Waals surface area contributed by atoms with Crippen molar-refractivity contribution in [3.8, 4) is 5.75 Å². The molecule has 2 aromatic carbocycles. The summed E-state index contributed by atoms with van der Waals surface area (Å²) in [5, 5.41) is 10.3. The number of aromatic hydroxyl groups is 1. The SMILES string of the molecule is O=C1/C(=C/c2ccc(O)cc2)CCC/C1=C\c1ccc(Cl)c(Cl)c1. The molecule has 3 rings (SSSR count). The average Bonchev–Trinajstić information content (AvgIpc) is 2.57. The highest BCUT2D eigenvalue weighted by Gasteiger charge is 2.20. The van der Waals surface area contributed by atoms with Crippen molar-refractivity contribution < 1.29 is 9.90 Å². The molecule has 0 saturated heterocycles. The van der Waals surface area contributed by atoms with Crippen LogP contribution in [0.3, 0.4) is 0 Å². The molecule has 4 heteroatoms. The Morgan fingerprint density at radius 2 is 1.42 bits per heavy atom. The van der Waals surface area contributed by atoms with E-state index < -0.39 is 0 Å². The Bertz CT molecular complexity index is 833. The number of hydrogen-bond donors (Lipinski definition) is 1. The number of rotatable bonds is 2. The van der Waals surface area contributed by atoms with Gasteiger partial charge in [0.2, 0.25) is 0 Å². The van der Waals surface area contributed by atoms with Crippen LogP contribution in [0.5, 0.6) is 5.75 Å². The molecule has 0 amide bonds. The Morgan fingerprint density at radius 3 is 2.04 bits per heavy atom. The number of ketones is 1. The maximum atomic E-state index is 12.7. The van der Waals surface area contributed by atoms with Gasteiger partial charge in [-0.3, -0.25) is 4.79 Å². The average molecular weight is 359 g/mol. The molecule has 2 nitrogen and oxygen atoms in total. The second-order valence-corrected chi connectivity index (χ2v) is 6.60.